The Balaban J connectivity index is 2.58. The molecule has 0 aromatic heterocycles. The zero-order valence-electron chi connectivity index (χ0n) is 11.3. The molecule has 0 saturated carbocycles. The molecule has 1 aliphatic heterocycles. The number of ether oxygens (including phenoxy) is 1. The molecule has 1 fully saturated rings. The van der Waals surface area contributed by atoms with Crippen molar-refractivity contribution in [3.05, 3.63) is 0 Å². The molecule has 0 aromatic carbocycles. The molecule has 2 heteroatoms. The third-order valence-electron chi connectivity index (χ3n) is 4.24. The van der Waals surface area contributed by atoms with Crippen molar-refractivity contribution in [3.63, 3.8) is 0 Å². The van der Waals surface area contributed by atoms with Crippen LogP contribution in [-0.2, 0) is 4.74 Å². The van der Waals surface area contributed by atoms with Gasteiger partial charge in [0, 0.05) is 19.8 Å². The van der Waals surface area contributed by atoms with E-state index < -0.39 is 0 Å². The molecule has 0 unspecified atom stereocenters. The summed E-state index contributed by atoms with van der Waals surface area (Å²) in [6.45, 7) is 11.2. The van der Waals surface area contributed by atoms with Crippen LogP contribution in [-0.4, -0.2) is 26.3 Å². The molecule has 1 heterocycles. The topological polar surface area (TPSA) is 21.3 Å². The molecule has 0 bridgehead atoms. The number of rotatable bonds is 7. The van der Waals surface area contributed by atoms with Gasteiger partial charge >= 0.3 is 0 Å². The minimum atomic E-state index is 0.511. The van der Waals surface area contributed by atoms with Crippen molar-refractivity contribution in [2.75, 3.05) is 26.3 Å². The van der Waals surface area contributed by atoms with Gasteiger partial charge in [-0.05, 0) is 37.1 Å². The third-order valence-corrected chi connectivity index (χ3v) is 4.24. The molecule has 1 saturated heterocycles. The molecule has 2 nitrogen and oxygen atoms in total. The van der Waals surface area contributed by atoms with E-state index in [1.54, 1.807) is 0 Å². The van der Waals surface area contributed by atoms with Gasteiger partial charge in [0.25, 0.3) is 0 Å². The van der Waals surface area contributed by atoms with Gasteiger partial charge < -0.3 is 10.1 Å². The standard InChI is InChI=1S/C14H29NO/c1-4-9-15-12-14(13(5-2)6-3)7-10-16-11-8-14/h13,15H,4-12H2,1-3H3. The van der Waals surface area contributed by atoms with E-state index in [0.29, 0.717) is 5.41 Å². The summed E-state index contributed by atoms with van der Waals surface area (Å²) in [7, 11) is 0. The second kappa shape index (κ2) is 7.29. The van der Waals surface area contributed by atoms with Crippen LogP contribution in [0.5, 0.6) is 0 Å². The van der Waals surface area contributed by atoms with Gasteiger partial charge in [-0.25, -0.2) is 0 Å². The summed E-state index contributed by atoms with van der Waals surface area (Å²) in [4.78, 5) is 0. The Kier molecular flexibility index (Phi) is 6.37. The maximum absolute atomic E-state index is 5.54. The van der Waals surface area contributed by atoms with Crippen LogP contribution in [0.3, 0.4) is 0 Å². The fourth-order valence-electron chi connectivity index (χ4n) is 3.18. The van der Waals surface area contributed by atoms with Crippen LogP contribution < -0.4 is 5.32 Å². The lowest BCUT2D eigenvalue weighted by Gasteiger charge is -2.43. The summed E-state index contributed by atoms with van der Waals surface area (Å²) in [6.07, 6.45) is 6.34. The Morgan fingerprint density at radius 2 is 1.75 bits per heavy atom. The fourth-order valence-corrected chi connectivity index (χ4v) is 3.18. The van der Waals surface area contributed by atoms with Gasteiger partial charge in [-0.1, -0.05) is 33.6 Å². The Hall–Kier alpha value is -0.0800. The SMILES string of the molecule is CCCNCC1(C(CC)CC)CCOCC1. The molecule has 0 aromatic rings. The lowest BCUT2D eigenvalue weighted by molar-refractivity contribution is -0.0204. The maximum atomic E-state index is 5.54. The lowest BCUT2D eigenvalue weighted by atomic mass is 9.67. The average molecular weight is 227 g/mol. The summed E-state index contributed by atoms with van der Waals surface area (Å²) in [5.74, 6) is 0.862. The van der Waals surface area contributed by atoms with Crippen LogP contribution in [0.15, 0.2) is 0 Å². The predicted octanol–water partition coefficient (Wildman–Crippen LogP) is 3.22. The van der Waals surface area contributed by atoms with Crippen molar-refractivity contribution in [1.29, 1.82) is 0 Å². The smallest absolute Gasteiger partial charge is 0.0471 e. The highest BCUT2D eigenvalue weighted by Gasteiger charge is 2.37. The normalized spacial score (nSPS) is 20.2. The first-order chi connectivity index (χ1) is 7.79. The van der Waals surface area contributed by atoms with Gasteiger partial charge in [0.15, 0.2) is 0 Å². The minimum absolute atomic E-state index is 0.511. The fraction of sp³-hybridized carbons (Fsp3) is 1.00. The zero-order chi connectivity index (χ0) is 11.9. The van der Waals surface area contributed by atoms with Gasteiger partial charge in [0.2, 0.25) is 0 Å². The Morgan fingerprint density at radius 1 is 1.12 bits per heavy atom. The Labute approximate surface area is 101 Å². The zero-order valence-corrected chi connectivity index (χ0v) is 11.3. The molecular weight excluding hydrogens is 198 g/mol. The van der Waals surface area contributed by atoms with Crippen molar-refractivity contribution in [3.8, 4) is 0 Å². The molecule has 16 heavy (non-hydrogen) atoms. The first-order valence-corrected chi connectivity index (χ1v) is 7.07. The summed E-state index contributed by atoms with van der Waals surface area (Å²) in [5, 5.41) is 3.64. The molecule has 0 spiro atoms. The molecule has 0 atom stereocenters. The van der Waals surface area contributed by atoms with E-state index in [9.17, 15) is 0 Å². The summed E-state index contributed by atoms with van der Waals surface area (Å²) >= 11 is 0. The van der Waals surface area contributed by atoms with E-state index >= 15 is 0 Å². The molecule has 96 valence electrons. The number of hydrogen-bond acceptors (Lipinski definition) is 2. The van der Waals surface area contributed by atoms with Crippen molar-refractivity contribution < 1.29 is 4.74 Å². The highest BCUT2D eigenvalue weighted by Crippen LogP contribution is 2.41. The molecule has 1 rings (SSSR count). The van der Waals surface area contributed by atoms with E-state index in [2.05, 4.69) is 26.1 Å². The van der Waals surface area contributed by atoms with Crippen LogP contribution in [0.2, 0.25) is 0 Å². The maximum Gasteiger partial charge on any atom is 0.0471 e. The highest BCUT2D eigenvalue weighted by molar-refractivity contribution is 4.89. The van der Waals surface area contributed by atoms with Crippen molar-refractivity contribution in [2.24, 2.45) is 11.3 Å². The van der Waals surface area contributed by atoms with E-state index in [1.165, 1.54) is 38.6 Å². The first-order valence-electron chi connectivity index (χ1n) is 7.07. The van der Waals surface area contributed by atoms with Crippen LogP contribution in [0.25, 0.3) is 0 Å². The van der Waals surface area contributed by atoms with Crippen LogP contribution >= 0.6 is 0 Å². The average Bonchev–Trinajstić information content (AvgIpc) is 2.32. The van der Waals surface area contributed by atoms with Gasteiger partial charge in [0.1, 0.15) is 0 Å². The van der Waals surface area contributed by atoms with Crippen molar-refractivity contribution in [1.82, 2.24) is 5.32 Å². The van der Waals surface area contributed by atoms with Crippen LogP contribution in [0.1, 0.15) is 52.9 Å². The van der Waals surface area contributed by atoms with Crippen molar-refractivity contribution >= 4 is 0 Å². The van der Waals surface area contributed by atoms with Crippen LogP contribution in [0.4, 0.5) is 0 Å². The molecule has 0 amide bonds. The third kappa shape index (κ3) is 3.46. The number of hydrogen-bond donors (Lipinski definition) is 1. The number of nitrogens with one attached hydrogen (secondary N) is 1. The quantitative estimate of drug-likeness (QED) is 0.674. The Bertz CT molecular complexity index is 172. The summed E-state index contributed by atoms with van der Waals surface area (Å²) in [6, 6.07) is 0. The molecular formula is C14H29NO. The lowest BCUT2D eigenvalue weighted by Crippen LogP contribution is -2.44. The van der Waals surface area contributed by atoms with Gasteiger partial charge in [0.05, 0.1) is 0 Å². The summed E-state index contributed by atoms with van der Waals surface area (Å²) in [5.41, 5.74) is 0.511. The van der Waals surface area contributed by atoms with Gasteiger partial charge in [-0.2, -0.15) is 0 Å². The van der Waals surface area contributed by atoms with Gasteiger partial charge in [-0.3, -0.25) is 0 Å². The molecule has 0 aliphatic carbocycles. The second-order valence-electron chi connectivity index (χ2n) is 5.16. The highest BCUT2D eigenvalue weighted by atomic mass is 16.5. The summed E-state index contributed by atoms with van der Waals surface area (Å²) < 4.78 is 5.54. The predicted molar refractivity (Wildman–Crippen MR) is 69.7 cm³/mol. The van der Waals surface area contributed by atoms with Crippen LogP contribution in [0, 0.1) is 11.3 Å². The van der Waals surface area contributed by atoms with E-state index in [-0.39, 0.29) is 0 Å². The first kappa shape index (κ1) is 14.0. The molecule has 1 N–H and O–H groups in total. The molecule has 1 aliphatic rings. The van der Waals surface area contributed by atoms with Gasteiger partial charge in [-0.15, -0.1) is 0 Å². The second-order valence-corrected chi connectivity index (χ2v) is 5.16. The van der Waals surface area contributed by atoms with Crippen molar-refractivity contribution in [2.45, 2.75) is 52.9 Å². The largest absolute Gasteiger partial charge is 0.381 e. The van der Waals surface area contributed by atoms with E-state index in [1.807, 2.05) is 0 Å². The minimum Gasteiger partial charge on any atom is -0.381 e. The Morgan fingerprint density at radius 3 is 2.25 bits per heavy atom. The molecule has 0 radical (unpaired) electrons. The van der Waals surface area contributed by atoms with E-state index in [0.717, 1.165) is 25.7 Å². The van der Waals surface area contributed by atoms with E-state index in [4.69, 9.17) is 4.74 Å². The monoisotopic (exact) mass is 227 g/mol.